The minimum atomic E-state index is 0.889. The third kappa shape index (κ3) is 2.23. The molecule has 2 heterocycles. The van der Waals surface area contributed by atoms with E-state index in [1.165, 1.54) is 31.1 Å². The summed E-state index contributed by atoms with van der Waals surface area (Å²) in [5.41, 5.74) is 0. The molecule has 0 unspecified atom stereocenters. The van der Waals surface area contributed by atoms with Crippen LogP contribution in [0, 0.1) is 5.92 Å². The minimum absolute atomic E-state index is 0.889. The van der Waals surface area contributed by atoms with E-state index in [0.717, 1.165) is 10.5 Å². The van der Waals surface area contributed by atoms with Crippen LogP contribution in [-0.4, -0.2) is 18.1 Å². The predicted molar refractivity (Wildman–Crippen MR) is 60.4 cm³/mol. The van der Waals surface area contributed by atoms with Crippen LogP contribution >= 0.6 is 27.3 Å². The zero-order valence-corrected chi connectivity index (χ0v) is 10.1. The number of thiazole rings is 1. The van der Waals surface area contributed by atoms with Crippen molar-refractivity contribution in [2.24, 2.45) is 5.92 Å². The third-order valence-electron chi connectivity index (χ3n) is 2.52. The maximum absolute atomic E-state index is 4.42. The SMILES string of the molecule is CC1CCN(c2nc(Br)cs2)CC1. The van der Waals surface area contributed by atoms with Gasteiger partial charge in [0.1, 0.15) is 4.60 Å². The highest BCUT2D eigenvalue weighted by atomic mass is 79.9. The molecule has 0 bridgehead atoms. The van der Waals surface area contributed by atoms with Gasteiger partial charge in [0.2, 0.25) is 0 Å². The summed E-state index contributed by atoms with van der Waals surface area (Å²) >= 11 is 5.11. The number of anilines is 1. The molecule has 1 saturated heterocycles. The normalized spacial score (nSPS) is 19.4. The van der Waals surface area contributed by atoms with Crippen molar-refractivity contribution in [2.45, 2.75) is 19.8 Å². The van der Waals surface area contributed by atoms with Crippen LogP contribution in [0.4, 0.5) is 5.13 Å². The first-order valence-corrected chi connectivity index (χ1v) is 6.29. The molecule has 0 saturated carbocycles. The number of hydrogen-bond donors (Lipinski definition) is 0. The molecule has 2 nitrogen and oxygen atoms in total. The molecule has 0 N–H and O–H groups in total. The van der Waals surface area contributed by atoms with Gasteiger partial charge in [0, 0.05) is 18.5 Å². The minimum Gasteiger partial charge on any atom is -0.348 e. The molecule has 0 radical (unpaired) electrons. The van der Waals surface area contributed by atoms with E-state index in [1.54, 1.807) is 11.3 Å². The summed E-state index contributed by atoms with van der Waals surface area (Å²) in [7, 11) is 0. The van der Waals surface area contributed by atoms with E-state index in [9.17, 15) is 0 Å². The summed E-state index contributed by atoms with van der Waals surface area (Å²) in [5.74, 6) is 0.889. The molecule has 0 spiro atoms. The van der Waals surface area contributed by atoms with Gasteiger partial charge >= 0.3 is 0 Å². The van der Waals surface area contributed by atoms with E-state index in [1.807, 2.05) is 5.38 Å². The molecule has 0 aromatic carbocycles. The topological polar surface area (TPSA) is 16.1 Å². The summed E-state index contributed by atoms with van der Waals surface area (Å²) in [5, 5.41) is 3.21. The van der Waals surface area contributed by atoms with Crippen LogP contribution in [-0.2, 0) is 0 Å². The molecule has 2 rings (SSSR count). The van der Waals surface area contributed by atoms with E-state index >= 15 is 0 Å². The van der Waals surface area contributed by atoms with Crippen LogP contribution < -0.4 is 4.90 Å². The Morgan fingerprint density at radius 1 is 1.54 bits per heavy atom. The van der Waals surface area contributed by atoms with Crippen molar-refractivity contribution in [2.75, 3.05) is 18.0 Å². The molecule has 1 aromatic heterocycles. The van der Waals surface area contributed by atoms with Crippen molar-refractivity contribution in [3.8, 4) is 0 Å². The second-order valence-electron chi connectivity index (χ2n) is 3.62. The monoisotopic (exact) mass is 260 g/mol. The van der Waals surface area contributed by atoms with Crippen LogP contribution in [0.2, 0.25) is 0 Å². The summed E-state index contributed by atoms with van der Waals surface area (Å²) < 4.78 is 0.964. The Hall–Kier alpha value is -0.0900. The molecule has 1 aliphatic heterocycles. The highest BCUT2D eigenvalue weighted by Crippen LogP contribution is 2.27. The first-order chi connectivity index (χ1) is 6.25. The van der Waals surface area contributed by atoms with Gasteiger partial charge in [0.25, 0.3) is 0 Å². The molecule has 13 heavy (non-hydrogen) atoms. The van der Waals surface area contributed by atoms with Gasteiger partial charge in [0.15, 0.2) is 5.13 Å². The van der Waals surface area contributed by atoms with Crippen molar-refractivity contribution in [1.82, 2.24) is 4.98 Å². The Bertz CT molecular complexity index is 279. The summed E-state index contributed by atoms with van der Waals surface area (Å²) in [6.07, 6.45) is 2.61. The average molecular weight is 261 g/mol. The number of aromatic nitrogens is 1. The maximum Gasteiger partial charge on any atom is 0.186 e. The highest BCUT2D eigenvalue weighted by molar-refractivity contribution is 9.10. The van der Waals surface area contributed by atoms with Gasteiger partial charge in [-0.3, -0.25) is 0 Å². The lowest BCUT2D eigenvalue weighted by atomic mass is 10.00. The smallest absolute Gasteiger partial charge is 0.186 e. The van der Waals surface area contributed by atoms with Gasteiger partial charge in [-0.1, -0.05) is 6.92 Å². The van der Waals surface area contributed by atoms with Crippen molar-refractivity contribution in [3.05, 3.63) is 9.98 Å². The second-order valence-corrected chi connectivity index (χ2v) is 5.27. The second kappa shape index (κ2) is 3.96. The van der Waals surface area contributed by atoms with Crippen molar-refractivity contribution in [3.63, 3.8) is 0 Å². The van der Waals surface area contributed by atoms with Crippen LogP contribution in [0.3, 0.4) is 0 Å². The lowest BCUT2D eigenvalue weighted by Crippen LogP contribution is -2.32. The molecule has 1 aromatic rings. The van der Waals surface area contributed by atoms with E-state index in [-0.39, 0.29) is 0 Å². The zero-order chi connectivity index (χ0) is 9.26. The quantitative estimate of drug-likeness (QED) is 0.772. The molecule has 4 heteroatoms. The summed E-state index contributed by atoms with van der Waals surface area (Å²) in [4.78, 5) is 6.80. The van der Waals surface area contributed by atoms with Gasteiger partial charge in [-0.05, 0) is 34.7 Å². The number of hydrogen-bond acceptors (Lipinski definition) is 3. The molecule has 0 atom stereocenters. The van der Waals surface area contributed by atoms with Crippen molar-refractivity contribution >= 4 is 32.4 Å². The predicted octanol–water partition coefficient (Wildman–Crippen LogP) is 3.14. The Labute approximate surface area is 91.1 Å². The number of rotatable bonds is 1. The van der Waals surface area contributed by atoms with Crippen LogP contribution in [0.1, 0.15) is 19.8 Å². The first-order valence-electron chi connectivity index (χ1n) is 4.61. The molecular formula is C9H13BrN2S. The Kier molecular flexibility index (Phi) is 2.89. The molecule has 0 aliphatic carbocycles. The fraction of sp³-hybridized carbons (Fsp3) is 0.667. The molecular weight excluding hydrogens is 248 g/mol. The Balaban J connectivity index is 2.02. The molecule has 72 valence electrons. The summed E-state index contributed by atoms with van der Waals surface area (Å²) in [6, 6.07) is 0. The molecule has 0 amide bonds. The van der Waals surface area contributed by atoms with Crippen LogP contribution in [0.25, 0.3) is 0 Å². The van der Waals surface area contributed by atoms with Gasteiger partial charge in [0.05, 0.1) is 0 Å². The van der Waals surface area contributed by atoms with Crippen molar-refractivity contribution in [1.29, 1.82) is 0 Å². The van der Waals surface area contributed by atoms with E-state index in [0.29, 0.717) is 0 Å². The van der Waals surface area contributed by atoms with Gasteiger partial charge in [-0.2, -0.15) is 0 Å². The van der Waals surface area contributed by atoms with E-state index in [4.69, 9.17) is 0 Å². The lowest BCUT2D eigenvalue weighted by molar-refractivity contribution is 0.438. The van der Waals surface area contributed by atoms with E-state index in [2.05, 4.69) is 32.7 Å². The third-order valence-corrected chi connectivity index (χ3v) is 4.13. The van der Waals surface area contributed by atoms with Gasteiger partial charge in [-0.25, -0.2) is 4.98 Å². The largest absolute Gasteiger partial charge is 0.348 e. The Morgan fingerprint density at radius 3 is 2.77 bits per heavy atom. The van der Waals surface area contributed by atoms with Gasteiger partial charge in [-0.15, -0.1) is 11.3 Å². The van der Waals surface area contributed by atoms with Crippen LogP contribution in [0.15, 0.2) is 9.98 Å². The molecule has 1 aliphatic rings. The van der Waals surface area contributed by atoms with Crippen molar-refractivity contribution < 1.29 is 0 Å². The maximum atomic E-state index is 4.42. The first kappa shape index (κ1) is 9.46. The van der Waals surface area contributed by atoms with Crippen LogP contribution in [0.5, 0.6) is 0 Å². The number of halogens is 1. The standard InChI is InChI=1S/C9H13BrN2S/c1-7-2-4-12(5-3-7)9-11-8(10)6-13-9/h6-7H,2-5H2,1H3. The fourth-order valence-corrected chi connectivity index (χ4v) is 2.89. The van der Waals surface area contributed by atoms with Gasteiger partial charge < -0.3 is 4.90 Å². The number of piperidine rings is 1. The fourth-order valence-electron chi connectivity index (χ4n) is 1.59. The average Bonchev–Trinajstić information content (AvgIpc) is 2.53. The summed E-state index contributed by atoms with van der Waals surface area (Å²) in [6.45, 7) is 4.66. The highest BCUT2D eigenvalue weighted by Gasteiger charge is 2.17. The molecule has 1 fully saturated rings. The Morgan fingerprint density at radius 2 is 2.23 bits per heavy atom. The number of nitrogens with zero attached hydrogens (tertiary/aromatic N) is 2. The lowest BCUT2D eigenvalue weighted by Gasteiger charge is -2.29. The zero-order valence-electron chi connectivity index (χ0n) is 7.66. The van der Waals surface area contributed by atoms with E-state index < -0.39 is 0 Å².